The molecule has 3 N–H and O–H groups in total. The second kappa shape index (κ2) is 8.67. The quantitative estimate of drug-likeness (QED) is 0.743. The average molecular weight is 323 g/mol. The van der Waals surface area contributed by atoms with Crippen LogP contribution in [0.4, 0.5) is 0 Å². The van der Waals surface area contributed by atoms with Crippen molar-refractivity contribution in [1.29, 1.82) is 0 Å². The Labute approximate surface area is 146 Å². The molecule has 128 valence electrons. The van der Waals surface area contributed by atoms with Gasteiger partial charge in [-0.25, -0.2) is 5.43 Å². The number of hydrogen-bond donors (Lipinski definition) is 2. The maximum absolute atomic E-state index is 5.69. The summed E-state index contributed by atoms with van der Waals surface area (Å²) in [4.78, 5) is 0. The molecule has 0 bridgehead atoms. The van der Waals surface area contributed by atoms with Gasteiger partial charge in [-0.15, -0.1) is 0 Å². The minimum atomic E-state index is 0.335. The molecule has 3 heteroatoms. The number of rotatable bonds is 7. The fourth-order valence-electron chi connectivity index (χ4n) is 2.77. The van der Waals surface area contributed by atoms with E-state index in [4.69, 9.17) is 5.73 Å². The first-order chi connectivity index (χ1) is 11.6. The summed E-state index contributed by atoms with van der Waals surface area (Å²) in [5, 5.41) is 2.23. The minimum absolute atomic E-state index is 0.335. The fourth-order valence-corrected chi connectivity index (χ4v) is 2.77. The van der Waals surface area contributed by atoms with Gasteiger partial charge in [0.15, 0.2) is 0 Å². The maximum Gasteiger partial charge on any atom is 0.0595 e. The zero-order chi connectivity index (χ0) is 17.5. The summed E-state index contributed by atoms with van der Waals surface area (Å²) in [5.41, 5.74) is 14.1. The van der Waals surface area contributed by atoms with E-state index in [0.717, 1.165) is 12.1 Å². The summed E-state index contributed by atoms with van der Waals surface area (Å²) < 4.78 is 0. The minimum Gasteiger partial charge on any atom is -0.326 e. The number of hydrogen-bond acceptors (Lipinski definition) is 3. The van der Waals surface area contributed by atoms with E-state index in [1.165, 1.54) is 16.8 Å². The first-order valence-corrected chi connectivity index (χ1v) is 8.58. The van der Waals surface area contributed by atoms with Gasteiger partial charge >= 0.3 is 0 Å². The van der Waals surface area contributed by atoms with Crippen LogP contribution in [0.3, 0.4) is 0 Å². The van der Waals surface area contributed by atoms with Crippen molar-refractivity contribution in [1.82, 2.24) is 10.4 Å². The van der Waals surface area contributed by atoms with Gasteiger partial charge in [0.05, 0.1) is 12.2 Å². The van der Waals surface area contributed by atoms with E-state index in [1.54, 1.807) is 0 Å². The number of benzene rings is 1. The molecule has 1 aromatic carbocycles. The SMILES string of the molecule is C=C/C=C(\C=C/C)C1=CC(C(C)C)NN1Cc1ccc(CN)cc1. The van der Waals surface area contributed by atoms with Gasteiger partial charge < -0.3 is 10.7 Å². The van der Waals surface area contributed by atoms with Crippen LogP contribution in [0, 0.1) is 5.92 Å². The Balaban J connectivity index is 2.26. The van der Waals surface area contributed by atoms with E-state index < -0.39 is 0 Å². The van der Waals surface area contributed by atoms with Crippen LogP contribution in [0.15, 0.2) is 72.5 Å². The lowest BCUT2D eigenvalue weighted by Crippen LogP contribution is -2.39. The normalized spacial score (nSPS) is 18.5. The van der Waals surface area contributed by atoms with Crippen LogP contribution in [0.1, 0.15) is 31.9 Å². The predicted octanol–water partition coefficient (Wildman–Crippen LogP) is 4.06. The maximum atomic E-state index is 5.69. The second-order valence-electron chi connectivity index (χ2n) is 6.42. The van der Waals surface area contributed by atoms with Gasteiger partial charge in [-0.3, -0.25) is 0 Å². The van der Waals surface area contributed by atoms with Crippen molar-refractivity contribution in [2.45, 2.75) is 39.9 Å². The number of allylic oxidation sites excluding steroid dienone is 4. The van der Waals surface area contributed by atoms with Gasteiger partial charge in [0.25, 0.3) is 0 Å². The Morgan fingerprint density at radius 1 is 1.29 bits per heavy atom. The molecule has 0 saturated heterocycles. The third-order valence-corrected chi connectivity index (χ3v) is 4.19. The number of hydrazine groups is 1. The molecule has 0 aliphatic carbocycles. The van der Waals surface area contributed by atoms with E-state index in [1.807, 2.05) is 13.0 Å². The summed E-state index contributed by atoms with van der Waals surface area (Å²) in [5.74, 6) is 0.528. The van der Waals surface area contributed by atoms with Crippen LogP contribution < -0.4 is 11.2 Å². The molecule has 0 fully saturated rings. The zero-order valence-corrected chi connectivity index (χ0v) is 15.0. The van der Waals surface area contributed by atoms with E-state index in [9.17, 15) is 0 Å². The van der Waals surface area contributed by atoms with Crippen molar-refractivity contribution < 1.29 is 0 Å². The largest absolute Gasteiger partial charge is 0.326 e. The van der Waals surface area contributed by atoms with Crippen LogP contribution >= 0.6 is 0 Å². The molecule has 3 nitrogen and oxygen atoms in total. The van der Waals surface area contributed by atoms with Crippen LogP contribution in [0.25, 0.3) is 0 Å². The average Bonchev–Trinajstić information content (AvgIpc) is 2.99. The molecule has 0 aromatic heterocycles. The predicted molar refractivity (Wildman–Crippen MR) is 103 cm³/mol. The van der Waals surface area contributed by atoms with E-state index in [0.29, 0.717) is 18.5 Å². The molecule has 1 unspecified atom stereocenters. The van der Waals surface area contributed by atoms with Gasteiger partial charge in [-0.05, 0) is 35.6 Å². The fraction of sp³-hybridized carbons (Fsp3) is 0.333. The lowest BCUT2D eigenvalue weighted by molar-refractivity contribution is 0.230. The zero-order valence-electron chi connectivity index (χ0n) is 15.0. The molecule has 2 rings (SSSR count). The molecule has 1 heterocycles. The second-order valence-corrected chi connectivity index (χ2v) is 6.42. The van der Waals surface area contributed by atoms with Crippen molar-refractivity contribution >= 4 is 0 Å². The highest BCUT2D eigenvalue weighted by Crippen LogP contribution is 2.26. The Bertz CT molecular complexity index is 636. The summed E-state index contributed by atoms with van der Waals surface area (Å²) in [7, 11) is 0. The number of nitrogens with zero attached hydrogens (tertiary/aromatic N) is 1. The number of nitrogens with two attached hydrogens (primary N) is 1. The van der Waals surface area contributed by atoms with Gasteiger partial charge in [-0.1, -0.05) is 69.0 Å². The van der Waals surface area contributed by atoms with E-state index in [-0.39, 0.29) is 0 Å². The van der Waals surface area contributed by atoms with Crippen LogP contribution in [-0.4, -0.2) is 11.1 Å². The Morgan fingerprint density at radius 3 is 2.50 bits per heavy atom. The van der Waals surface area contributed by atoms with Crippen LogP contribution in [0.5, 0.6) is 0 Å². The van der Waals surface area contributed by atoms with Crippen LogP contribution in [0.2, 0.25) is 0 Å². The standard InChI is InChI=1S/C21H29N3/c1-5-7-19(8-6-2)21-13-20(16(3)4)23-24(21)15-18-11-9-17(14-22)10-12-18/h5-13,16,20,23H,1,14-15,22H2,2-4H3/b8-6-,19-7+. The van der Waals surface area contributed by atoms with Gasteiger partial charge in [0.2, 0.25) is 0 Å². The Hall–Kier alpha value is -2.10. The third-order valence-electron chi connectivity index (χ3n) is 4.19. The Morgan fingerprint density at radius 2 is 1.96 bits per heavy atom. The monoisotopic (exact) mass is 323 g/mol. The highest BCUT2D eigenvalue weighted by atomic mass is 15.5. The molecule has 1 atom stereocenters. The first-order valence-electron chi connectivity index (χ1n) is 8.58. The van der Waals surface area contributed by atoms with E-state index >= 15 is 0 Å². The first kappa shape index (κ1) is 18.2. The van der Waals surface area contributed by atoms with Crippen molar-refractivity contribution in [3.05, 3.63) is 83.6 Å². The van der Waals surface area contributed by atoms with Crippen molar-refractivity contribution in [3.63, 3.8) is 0 Å². The molecule has 1 aliphatic heterocycles. The van der Waals surface area contributed by atoms with Crippen molar-refractivity contribution in [3.8, 4) is 0 Å². The molecule has 1 aromatic rings. The molecule has 0 radical (unpaired) electrons. The highest BCUT2D eigenvalue weighted by molar-refractivity contribution is 5.43. The van der Waals surface area contributed by atoms with E-state index in [2.05, 4.69) is 79.4 Å². The summed E-state index contributed by atoms with van der Waals surface area (Å²) in [6, 6.07) is 8.83. The molecule has 1 aliphatic rings. The van der Waals surface area contributed by atoms with Gasteiger partial charge in [0.1, 0.15) is 0 Å². The molecule has 0 spiro atoms. The topological polar surface area (TPSA) is 41.3 Å². The van der Waals surface area contributed by atoms with Gasteiger partial charge in [-0.2, -0.15) is 0 Å². The molecule has 0 saturated carbocycles. The molecule has 0 amide bonds. The molecular weight excluding hydrogens is 294 g/mol. The van der Waals surface area contributed by atoms with Crippen molar-refractivity contribution in [2.24, 2.45) is 11.7 Å². The van der Waals surface area contributed by atoms with Gasteiger partial charge in [0, 0.05) is 12.6 Å². The third kappa shape index (κ3) is 4.47. The Kier molecular flexibility index (Phi) is 6.59. The lowest BCUT2D eigenvalue weighted by Gasteiger charge is -2.26. The summed E-state index contributed by atoms with van der Waals surface area (Å²) in [6.07, 6.45) is 10.4. The molecule has 24 heavy (non-hydrogen) atoms. The summed E-state index contributed by atoms with van der Waals surface area (Å²) >= 11 is 0. The van der Waals surface area contributed by atoms with Crippen molar-refractivity contribution in [2.75, 3.05) is 0 Å². The molecular formula is C21H29N3. The van der Waals surface area contributed by atoms with Crippen LogP contribution in [-0.2, 0) is 13.1 Å². The lowest BCUT2D eigenvalue weighted by atomic mass is 10.0. The smallest absolute Gasteiger partial charge is 0.0595 e. The number of nitrogens with one attached hydrogen (secondary N) is 1. The highest BCUT2D eigenvalue weighted by Gasteiger charge is 2.26. The summed E-state index contributed by atoms with van der Waals surface area (Å²) in [6.45, 7) is 11.7.